The van der Waals surface area contributed by atoms with Crippen molar-refractivity contribution in [2.45, 2.75) is 13.3 Å². The van der Waals surface area contributed by atoms with E-state index in [-0.39, 0.29) is 5.91 Å². The number of carbonyl (C=O) groups excluding carboxylic acids is 1. The largest absolute Gasteiger partial charge is 0.351 e. The topological polar surface area (TPSA) is 54.9 Å². The van der Waals surface area contributed by atoms with Gasteiger partial charge in [-0.1, -0.05) is 30.3 Å². The molecule has 0 saturated carbocycles. The van der Waals surface area contributed by atoms with Crippen molar-refractivity contribution in [3.05, 3.63) is 57.5 Å². The van der Waals surface area contributed by atoms with Gasteiger partial charge in [-0.05, 0) is 6.92 Å². The molecular formula is C16H15N3OS2. The SMILES string of the molecule is Cc1nc(-c2ccccc2)sc1C(=O)NCCc1cscn1. The fourth-order valence-electron chi connectivity index (χ4n) is 2.06. The Morgan fingerprint density at radius 1 is 1.27 bits per heavy atom. The average molecular weight is 329 g/mol. The number of nitrogens with zero attached hydrogens (tertiary/aromatic N) is 2. The van der Waals surface area contributed by atoms with Crippen LogP contribution in [0.5, 0.6) is 0 Å². The van der Waals surface area contributed by atoms with Crippen LogP contribution < -0.4 is 5.32 Å². The summed E-state index contributed by atoms with van der Waals surface area (Å²) in [5.74, 6) is -0.0626. The molecule has 2 aromatic heterocycles. The van der Waals surface area contributed by atoms with Crippen molar-refractivity contribution < 1.29 is 4.79 Å². The summed E-state index contributed by atoms with van der Waals surface area (Å²) < 4.78 is 0. The van der Waals surface area contributed by atoms with Crippen LogP contribution in [0.4, 0.5) is 0 Å². The quantitative estimate of drug-likeness (QED) is 0.779. The third-order valence-corrected chi connectivity index (χ3v) is 5.01. The predicted molar refractivity (Wildman–Crippen MR) is 90.4 cm³/mol. The van der Waals surface area contributed by atoms with Crippen LogP contribution in [0.1, 0.15) is 21.1 Å². The second-order valence-electron chi connectivity index (χ2n) is 4.79. The number of carbonyl (C=O) groups is 1. The molecule has 2 heterocycles. The molecule has 112 valence electrons. The molecule has 0 atom stereocenters. The van der Waals surface area contributed by atoms with Crippen molar-refractivity contribution in [1.82, 2.24) is 15.3 Å². The number of hydrogen-bond acceptors (Lipinski definition) is 5. The summed E-state index contributed by atoms with van der Waals surface area (Å²) in [6.45, 7) is 2.46. The number of benzene rings is 1. The average Bonchev–Trinajstić information content (AvgIpc) is 3.17. The van der Waals surface area contributed by atoms with E-state index in [0.29, 0.717) is 11.4 Å². The highest BCUT2D eigenvalue weighted by Gasteiger charge is 2.15. The van der Waals surface area contributed by atoms with E-state index in [4.69, 9.17) is 0 Å². The first kappa shape index (κ1) is 14.9. The smallest absolute Gasteiger partial charge is 0.263 e. The Morgan fingerprint density at radius 3 is 2.82 bits per heavy atom. The minimum atomic E-state index is -0.0626. The van der Waals surface area contributed by atoms with Crippen molar-refractivity contribution in [2.24, 2.45) is 0 Å². The molecule has 3 rings (SSSR count). The first-order chi connectivity index (χ1) is 10.7. The van der Waals surface area contributed by atoms with Crippen molar-refractivity contribution >= 4 is 28.6 Å². The van der Waals surface area contributed by atoms with E-state index >= 15 is 0 Å². The van der Waals surface area contributed by atoms with Gasteiger partial charge in [-0.2, -0.15) is 0 Å². The van der Waals surface area contributed by atoms with Gasteiger partial charge in [0.1, 0.15) is 9.88 Å². The highest BCUT2D eigenvalue weighted by molar-refractivity contribution is 7.17. The molecule has 3 aromatic rings. The molecule has 4 nitrogen and oxygen atoms in total. The first-order valence-electron chi connectivity index (χ1n) is 6.92. The number of rotatable bonds is 5. The fraction of sp³-hybridized carbons (Fsp3) is 0.188. The maximum atomic E-state index is 12.3. The van der Waals surface area contributed by atoms with Crippen LogP contribution in [-0.4, -0.2) is 22.4 Å². The zero-order valence-corrected chi connectivity index (χ0v) is 13.7. The number of thiazole rings is 2. The third-order valence-electron chi connectivity index (χ3n) is 3.17. The van der Waals surface area contributed by atoms with Gasteiger partial charge in [0.25, 0.3) is 5.91 Å². The summed E-state index contributed by atoms with van der Waals surface area (Å²) in [5, 5.41) is 5.81. The minimum Gasteiger partial charge on any atom is -0.351 e. The minimum absolute atomic E-state index is 0.0626. The van der Waals surface area contributed by atoms with Gasteiger partial charge in [-0.15, -0.1) is 22.7 Å². The van der Waals surface area contributed by atoms with Crippen molar-refractivity contribution in [2.75, 3.05) is 6.54 Å². The van der Waals surface area contributed by atoms with Gasteiger partial charge in [0.05, 0.1) is 16.9 Å². The Balaban J connectivity index is 1.66. The van der Waals surface area contributed by atoms with Gasteiger partial charge < -0.3 is 5.32 Å². The van der Waals surface area contributed by atoms with E-state index < -0.39 is 0 Å². The zero-order chi connectivity index (χ0) is 15.4. The lowest BCUT2D eigenvalue weighted by Gasteiger charge is -2.02. The Labute approximate surface area is 136 Å². The summed E-state index contributed by atoms with van der Waals surface area (Å²) in [5.41, 5.74) is 4.62. The standard InChI is InChI=1S/C16H15N3OS2/c1-11-14(15(20)17-8-7-13-9-21-10-18-13)22-16(19-11)12-5-3-2-4-6-12/h2-6,9-10H,7-8H2,1H3,(H,17,20). The van der Waals surface area contributed by atoms with Crippen LogP contribution in [0, 0.1) is 6.92 Å². The zero-order valence-electron chi connectivity index (χ0n) is 12.1. The third kappa shape index (κ3) is 3.40. The lowest BCUT2D eigenvalue weighted by molar-refractivity contribution is 0.0957. The second kappa shape index (κ2) is 6.81. The maximum Gasteiger partial charge on any atom is 0.263 e. The van der Waals surface area contributed by atoms with Gasteiger partial charge in [0.2, 0.25) is 0 Å². The number of amides is 1. The van der Waals surface area contributed by atoms with E-state index in [1.807, 2.05) is 42.6 Å². The van der Waals surface area contributed by atoms with Crippen molar-refractivity contribution in [3.63, 3.8) is 0 Å². The van der Waals surface area contributed by atoms with Crippen molar-refractivity contribution in [1.29, 1.82) is 0 Å². The van der Waals surface area contributed by atoms with Gasteiger partial charge in [0, 0.05) is 23.9 Å². The number of aromatic nitrogens is 2. The molecule has 1 amide bonds. The van der Waals surface area contributed by atoms with Crippen molar-refractivity contribution in [3.8, 4) is 10.6 Å². The maximum absolute atomic E-state index is 12.3. The van der Waals surface area contributed by atoms with Crippen LogP contribution in [0.15, 0.2) is 41.2 Å². The van der Waals surface area contributed by atoms with Gasteiger partial charge >= 0.3 is 0 Å². The molecule has 0 saturated heterocycles. The Kier molecular flexibility index (Phi) is 4.60. The summed E-state index contributed by atoms with van der Waals surface area (Å²) in [4.78, 5) is 21.7. The summed E-state index contributed by atoms with van der Waals surface area (Å²) >= 11 is 3.00. The molecule has 6 heteroatoms. The number of nitrogens with one attached hydrogen (secondary N) is 1. The van der Waals surface area contributed by atoms with Crippen LogP contribution in [-0.2, 0) is 6.42 Å². The molecule has 0 aliphatic carbocycles. The Hall–Kier alpha value is -2.05. The van der Waals surface area contributed by atoms with E-state index in [0.717, 1.165) is 28.4 Å². The number of aryl methyl sites for hydroxylation is 1. The molecule has 0 spiro atoms. The molecular weight excluding hydrogens is 314 g/mol. The predicted octanol–water partition coefficient (Wildman–Crippen LogP) is 3.55. The lowest BCUT2D eigenvalue weighted by atomic mass is 10.2. The highest BCUT2D eigenvalue weighted by Crippen LogP contribution is 2.27. The van der Waals surface area contributed by atoms with E-state index in [9.17, 15) is 4.79 Å². The Bertz CT molecular complexity index is 751. The molecule has 0 bridgehead atoms. The summed E-state index contributed by atoms with van der Waals surface area (Å²) in [7, 11) is 0. The molecule has 22 heavy (non-hydrogen) atoms. The molecule has 0 radical (unpaired) electrons. The molecule has 0 aliphatic heterocycles. The first-order valence-corrected chi connectivity index (χ1v) is 8.68. The molecule has 0 fully saturated rings. The fourth-order valence-corrected chi connectivity index (χ4v) is 3.64. The van der Waals surface area contributed by atoms with Crippen LogP contribution in [0.25, 0.3) is 10.6 Å². The van der Waals surface area contributed by atoms with Gasteiger partial charge in [-0.25, -0.2) is 9.97 Å². The number of hydrogen-bond donors (Lipinski definition) is 1. The monoisotopic (exact) mass is 329 g/mol. The van der Waals surface area contributed by atoms with Crippen LogP contribution in [0.2, 0.25) is 0 Å². The molecule has 1 aromatic carbocycles. The summed E-state index contributed by atoms with van der Waals surface area (Å²) in [6, 6.07) is 9.92. The Morgan fingerprint density at radius 2 is 2.09 bits per heavy atom. The molecule has 0 aliphatic rings. The molecule has 0 unspecified atom stereocenters. The highest BCUT2D eigenvalue weighted by atomic mass is 32.1. The normalized spacial score (nSPS) is 10.6. The second-order valence-corrected chi connectivity index (χ2v) is 6.50. The molecule has 1 N–H and O–H groups in total. The summed E-state index contributed by atoms with van der Waals surface area (Å²) in [6.07, 6.45) is 0.749. The van der Waals surface area contributed by atoms with Crippen LogP contribution >= 0.6 is 22.7 Å². The lowest BCUT2D eigenvalue weighted by Crippen LogP contribution is -2.25. The van der Waals surface area contributed by atoms with E-state index in [2.05, 4.69) is 15.3 Å². The van der Waals surface area contributed by atoms with Crippen LogP contribution in [0.3, 0.4) is 0 Å². The van der Waals surface area contributed by atoms with Gasteiger partial charge in [0.15, 0.2) is 0 Å². The van der Waals surface area contributed by atoms with E-state index in [1.54, 1.807) is 16.8 Å². The van der Waals surface area contributed by atoms with Gasteiger partial charge in [-0.3, -0.25) is 4.79 Å². The van der Waals surface area contributed by atoms with E-state index in [1.165, 1.54) is 11.3 Å².